The normalized spacial score (nSPS) is 23.0. The summed E-state index contributed by atoms with van der Waals surface area (Å²) in [5.41, 5.74) is 6.97. The van der Waals surface area contributed by atoms with Crippen molar-refractivity contribution in [3.05, 3.63) is 23.6 Å². The van der Waals surface area contributed by atoms with Crippen molar-refractivity contribution in [3.63, 3.8) is 0 Å². The number of aromatic amines is 1. The molecule has 18 heavy (non-hydrogen) atoms. The molecule has 0 amide bonds. The van der Waals surface area contributed by atoms with Crippen molar-refractivity contribution in [2.45, 2.75) is 12.5 Å². The van der Waals surface area contributed by atoms with E-state index in [9.17, 15) is 0 Å². The fraction of sp³-hybridized carbons (Fsp3) is 0.364. The van der Waals surface area contributed by atoms with E-state index in [-0.39, 0.29) is 24.5 Å². The first-order valence-corrected chi connectivity index (χ1v) is 6.07. The summed E-state index contributed by atoms with van der Waals surface area (Å²) in [5.74, 6) is 0.351. The largest absolute Gasteiger partial charge is 0.396 e. The molecule has 2 atom stereocenters. The lowest BCUT2D eigenvalue weighted by atomic mass is 10.1. The van der Waals surface area contributed by atoms with Crippen molar-refractivity contribution < 1.29 is 9.67 Å². The third-order valence-electron chi connectivity index (χ3n) is 3.20. The van der Waals surface area contributed by atoms with E-state index >= 15 is 0 Å². The lowest BCUT2D eigenvalue weighted by Gasteiger charge is -2.07. The van der Waals surface area contributed by atoms with Crippen molar-refractivity contribution in [1.29, 1.82) is 0 Å². The van der Waals surface area contributed by atoms with Crippen molar-refractivity contribution >= 4 is 28.7 Å². The van der Waals surface area contributed by atoms with Crippen molar-refractivity contribution in [1.82, 2.24) is 15.0 Å². The number of halogens is 1. The molecule has 0 saturated carbocycles. The number of nitrogens with zero attached hydrogens (tertiary/aromatic N) is 3. The zero-order valence-corrected chi connectivity index (χ0v) is 10.3. The SMILES string of the molecule is Nc1nc(Cl)c2[nH]c[n+]([C@H]3C=C[C@@H](CO)C3)c2n1. The number of allylic oxidation sites excluding steroid dienone is 1. The van der Waals surface area contributed by atoms with Crippen LogP contribution in [0.3, 0.4) is 0 Å². The van der Waals surface area contributed by atoms with E-state index in [0.717, 1.165) is 6.42 Å². The second-order valence-electron chi connectivity index (χ2n) is 4.38. The molecule has 0 spiro atoms. The van der Waals surface area contributed by atoms with Gasteiger partial charge in [0, 0.05) is 12.5 Å². The fourth-order valence-electron chi connectivity index (χ4n) is 2.29. The highest BCUT2D eigenvalue weighted by atomic mass is 35.5. The number of hydrogen-bond acceptors (Lipinski definition) is 4. The van der Waals surface area contributed by atoms with E-state index < -0.39 is 0 Å². The summed E-state index contributed by atoms with van der Waals surface area (Å²) in [6.07, 6.45) is 6.72. The van der Waals surface area contributed by atoms with E-state index in [2.05, 4.69) is 21.0 Å². The Hall–Kier alpha value is -1.66. The van der Waals surface area contributed by atoms with Crippen molar-refractivity contribution in [3.8, 4) is 0 Å². The van der Waals surface area contributed by atoms with Gasteiger partial charge in [-0.05, 0) is 6.42 Å². The van der Waals surface area contributed by atoms with Gasteiger partial charge in [-0.1, -0.05) is 28.7 Å². The minimum absolute atomic E-state index is 0.154. The molecule has 0 fully saturated rings. The number of hydrogen-bond donors (Lipinski definition) is 3. The molecule has 0 aromatic carbocycles. The molecule has 2 aromatic heterocycles. The van der Waals surface area contributed by atoms with Crippen molar-refractivity contribution in [2.24, 2.45) is 5.92 Å². The summed E-state index contributed by atoms with van der Waals surface area (Å²) >= 11 is 6.00. The Labute approximate surface area is 108 Å². The van der Waals surface area contributed by atoms with Crippen molar-refractivity contribution in [2.75, 3.05) is 12.3 Å². The number of aliphatic hydroxyl groups excluding tert-OH is 1. The number of anilines is 1. The topological polar surface area (TPSA) is 91.7 Å². The van der Waals surface area contributed by atoms with Gasteiger partial charge in [0.05, 0.1) is 0 Å². The van der Waals surface area contributed by atoms with Crippen LogP contribution in [0.15, 0.2) is 18.5 Å². The van der Waals surface area contributed by atoms with E-state index in [1.807, 2.05) is 10.6 Å². The molecule has 1 aliphatic rings. The molecule has 0 aliphatic heterocycles. The summed E-state index contributed by atoms with van der Waals surface area (Å²) < 4.78 is 1.96. The van der Waals surface area contributed by atoms with Gasteiger partial charge in [0.25, 0.3) is 5.95 Å². The van der Waals surface area contributed by atoms with Gasteiger partial charge in [-0.15, -0.1) is 0 Å². The van der Waals surface area contributed by atoms with E-state index in [1.165, 1.54) is 0 Å². The van der Waals surface area contributed by atoms with Crippen LogP contribution in [-0.2, 0) is 0 Å². The average Bonchev–Trinajstić information content (AvgIpc) is 2.93. The third-order valence-corrected chi connectivity index (χ3v) is 3.47. The van der Waals surface area contributed by atoms with Crippen LogP contribution in [-0.4, -0.2) is 26.7 Å². The van der Waals surface area contributed by atoms with Crippen LogP contribution in [0.1, 0.15) is 12.5 Å². The van der Waals surface area contributed by atoms with Crippen LogP contribution in [0, 0.1) is 5.92 Å². The van der Waals surface area contributed by atoms with Gasteiger partial charge in [0.1, 0.15) is 6.04 Å². The summed E-state index contributed by atoms with van der Waals surface area (Å²) in [6, 6.07) is 0.154. The Kier molecular flexibility index (Phi) is 2.68. The Morgan fingerprint density at radius 2 is 2.33 bits per heavy atom. The first-order chi connectivity index (χ1) is 8.69. The number of aliphatic hydroxyl groups is 1. The molecule has 94 valence electrons. The zero-order valence-electron chi connectivity index (χ0n) is 9.55. The van der Waals surface area contributed by atoms with Gasteiger partial charge in [-0.2, -0.15) is 4.98 Å². The number of nitrogen functional groups attached to an aromatic ring is 1. The molecule has 6 nitrogen and oxygen atoms in total. The minimum Gasteiger partial charge on any atom is -0.396 e. The number of rotatable bonds is 2. The van der Waals surface area contributed by atoms with Crippen LogP contribution in [0.25, 0.3) is 11.2 Å². The Morgan fingerprint density at radius 1 is 1.50 bits per heavy atom. The minimum atomic E-state index is 0.154. The maximum absolute atomic E-state index is 9.15. The molecule has 0 bridgehead atoms. The number of H-pyrrole nitrogens is 1. The van der Waals surface area contributed by atoms with Crippen LogP contribution in [0.4, 0.5) is 5.95 Å². The molecule has 3 rings (SSSR count). The standard InChI is InChI=1S/C11H12ClN5O/c12-9-8-10(16-11(13)15-9)17(5-14-8)7-2-1-6(3-7)4-18/h1-2,5-7,18H,3-4H2,(H2,13,15,16)/p+1/t6-,7+/m1/s1. The Bertz CT molecular complexity index is 623. The smallest absolute Gasteiger partial charge is 0.309 e. The fourth-order valence-corrected chi connectivity index (χ4v) is 2.52. The van der Waals surface area contributed by atoms with E-state index in [1.54, 1.807) is 6.33 Å². The lowest BCUT2D eigenvalue weighted by Crippen LogP contribution is -2.37. The number of imidazole rings is 1. The maximum Gasteiger partial charge on any atom is 0.309 e. The highest BCUT2D eigenvalue weighted by Gasteiger charge is 2.27. The van der Waals surface area contributed by atoms with E-state index in [0.29, 0.717) is 16.3 Å². The lowest BCUT2D eigenvalue weighted by molar-refractivity contribution is -0.689. The van der Waals surface area contributed by atoms with Crippen LogP contribution in [0.5, 0.6) is 0 Å². The highest BCUT2D eigenvalue weighted by molar-refractivity contribution is 6.33. The maximum atomic E-state index is 9.15. The van der Waals surface area contributed by atoms with Gasteiger partial charge in [0.15, 0.2) is 11.5 Å². The van der Waals surface area contributed by atoms with Crippen LogP contribution in [0.2, 0.25) is 5.15 Å². The molecule has 0 saturated heterocycles. The van der Waals surface area contributed by atoms with Gasteiger partial charge < -0.3 is 10.8 Å². The van der Waals surface area contributed by atoms with Crippen LogP contribution < -0.4 is 10.3 Å². The van der Waals surface area contributed by atoms with E-state index in [4.69, 9.17) is 22.4 Å². The molecule has 2 heterocycles. The first-order valence-electron chi connectivity index (χ1n) is 5.69. The monoisotopic (exact) mass is 266 g/mol. The first kappa shape index (κ1) is 11.4. The molecular formula is C11H13ClN5O+. The number of nitrogens with two attached hydrogens (primary N) is 1. The second-order valence-corrected chi connectivity index (χ2v) is 4.74. The predicted octanol–water partition coefficient (Wildman–Crippen LogP) is 0.590. The summed E-state index contributed by atoms with van der Waals surface area (Å²) in [4.78, 5) is 11.2. The average molecular weight is 267 g/mol. The van der Waals surface area contributed by atoms with Gasteiger partial charge >= 0.3 is 5.65 Å². The summed E-state index contributed by atoms with van der Waals surface area (Å²) in [7, 11) is 0. The Balaban J connectivity index is 2.06. The number of nitrogens with one attached hydrogen (secondary N) is 1. The van der Waals surface area contributed by atoms with Crippen LogP contribution >= 0.6 is 11.6 Å². The quantitative estimate of drug-likeness (QED) is 0.421. The molecular weight excluding hydrogens is 254 g/mol. The second kappa shape index (κ2) is 4.22. The number of fused-ring (bicyclic) bond motifs is 1. The third kappa shape index (κ3) is 1.74. The molecule has 0 radical (unpaired) electrons. The molecule has 7 heteroatoms. The Morgan fingerprint density at radius 3 is 3.06 bits per heavy atom. The summed E-state index contributed by atoms with van der Waals surface area (Å²) in [5, 5.41) is 9.46. The van der Waals surface area contributed by atoms with Gasteiger partial charge in [-0.3, -0.25) is 4.98 Å². The zero-order chi connectivity index (χ0) is 12.7. The molecule has 1 aliphatic carbocycles. The summed E-state index contributed by atoms with van der Waals surface area (Å²) in [6.45, 7) is 0.161. The molecule has 2 aromatic rings. The molecule has 0 unspecified atom stereocenters. The van der Waals surface area contributed by atoms with Gasteiger partial charge in [0.2, 0.25) is 5.52 Å². The molecule has 4 N–H and O–H groups in total. The van der Waals surface area contributed by atoms with Gasteiger partial charge in [-0.25, -0.2) is 4.57 Å². The highest BCUT2D eigenvalue weighted by Crippen LogP contribution is 2.25. The number of aromatic nitrogens is 4. The predicted molar refractivity (Wildman–Crippen MR) is 66.9 cm³/mol.